The molecule has 3 aromatic rings. The van der Waals surface area contributed by atoms with Crippen LogP contribution in [0.4, 0.5) is 5.82 Å². The second-order valence-corrected chi connectivity index (χ2v) is 6.34. The number of aromatic nitrogens is 4. The van der Waals surface area contributed by atoms with Gasteiger partial charge in [0.05, 0.1) is 5.56 Å². The monoisotopic (exact) mass is 385 g/mol. The van der Waals surface area contributed by atoms with Gasteiger partial charge in [0, 0.05) is 7.05 Å². The van der Waals surface area contributed by atoms with E-state index >= 15 is 0 Å². The fraction of sp³-hybridized carbons (Fsp3) is 0.333. The molecule has 2 aromatic heterocycles. The second kappa shape index (κ2) is 7.50. The van der Waals surface area contributed by atoms with Crippen LogP contribution in [0.2, 0.25) is 0 Å². The third-order valence-electron chi connectivity index (χ3n) is 4.55. The van der Waals surface area contributed by atoms with Crippen LogP contribution in [0.1, 0.15) is 22.3 Å². The predicted octanol–water partition coefficient (Wildman–Crippen LogP) is 0.185. The Kier molecular flexibility index (Phi) is 4.90. The first-order valence-electron chi connectivity index (χ1n) is 8.72. The topological polar surface area (TPSA) is 131 Å². The fourth-order valence-corrected chi connectivity index (χ4v) is 3.03. The summed E-state index contributed by atoms with van der Waals surface area (Å²) in [5.74, 6) is 0.285. The molecular weight excluding hydrogens is 366 g/mol. The van der Waals surface area contributed by atoms with Gasteiger partial charge >= 0.3 is 5.97 Å². The minimum Gasteiger partial charge on any atom is -0.459 e. The maximum absolute atomic E-state index is 12.1. The average molecular weight is 385 g/mol. The van der Waals surface area contributed by atoms with E-state index in [-0.39, 0.29) is 12.4 Å². The van der Waals surface area contributed by atoms with Gasteiger partial charge in [0.2, 0.25) is 0 Å². The molecule has 1 fully saturated rings. The molecule has 3 heterocycles. The molecule has 1 saturated heterocycles. The van der Waals surface area contributed by atoms with Crippen LogP contribution in [0.15, 0.2) is 42.5 Å². The Morgan fingerprint density at radius 2 is 1.96 bits per heavy atom. The highest BCUT2D eigenvalue weighted by atomic mass is 16.6. The number of hydrogen-bond acceptors (Lipinski definition) is 9. The van der Waals surface area contributed by atoms with Crippen LogP contribution in [0, 0.1) is 0 Å². The molecule has 146 valence electrons. The van der Waals surface area contributed by atoms with Crippen molar-refractivity contribution in [3.63, 3.8) is 0 Å². The van der Waals surface area contributed by atoms with E-state index in [4.69, 9.17) is 9.47 Å². The highest BCUT2D eigenvalue weighted by molar-refractivity contribution is 5.89. The summed E-state index contributed by atoms with van der Waals surface area (Å²) in [6, 6.07) is 11.9. The molecule has 1 aliphatic heterocycles. The highest BCUT2D eigenvalue weighted by Crippen LogP contribution is 2.33. The molecule has 0 amide bonds. The summed E-state index contributed by atoms with van der Waals surface area (Å²) in [5, 5.41) is 36.0. The molecule has 4 rings (SSSR count). The lowest BCUT2D eigenvalue weighted by Crippen LogP contribution is -2.34. The van der Waals surface area contributed by atoms with E-state index in [1.54, 1.807) is 49.5 Å². The normalized spacial score (nSPS) is 24.4. The molecule has 28 heavy (non-hydrogen) atoms. The van der Waals surface area contributed by atoms with Crippen molar-refractivity contribution in [2.45, 2.75) is 24.4 Å². The molecule has 1 aromatic carbocycles. The SMILES string of the molecule is CNc1ccc2nnc([C@@H]3O[C@H](COC(=O)c4ccccc4)[C@@H](O)[C@H]3O)n2n1. The molecule has 1 aliphatic rings. The number of esters is 1. The molecule has 0 aliphatic carbocycles. The smallest absolute Gasteiger partial charge is 0.338 e. The Labute approximate surface area is 159 Å². The molecular formula is C18H19N5O5. The summed E-state index contributed by atoms with van der Waals surface area (Å²) in [6.45, 7) is -0.214. The third-order valence-corrected chi connectivity index (χ3v) is 4.55. The zero-order chi connectivity index (χ0) is 19.7. The maximum atomic E-state index is 12.1. The van der Waals surface area contributed by atoms with Crippen molar-refractivity contribution < 1.29 is 24.5 Å². The summed E-state index contributed by atoms with van der Waals surface area (Å²) >= 11 is 0. The summed E-state index contributed by atoms with van der Waals surface area (Å²) in [7, 11) is 1.72. The minimum atomic E-state index is -1.27. The predicted molar refractivity (Wildman–Crippen MR) is 96.7 cm³/mol. The van der Waals surface area contributed by atoms with Gasteiger partial charge < -0.3 is 25.0 Å². The van der Waals surface area contributed by atoms with Crippen molar-refractivity contribution in [2.24, 2.45) is 0 Å². The molecule has 0 unspecified atom stereocenters. The lowest BCUT2D eigenvalue weighted by atomic mass is 10.1. The fourth-order valence-electron chi connectivity index (χ4n) is 3.03. The number of carbonyl (C=O) groups is 1. The number of aliphatic hydroxyl groups excluding tert-OH is 2. The van der Waals surface area contributed by atoms with Crippen molar-refractivity contribution in [1.29, 1.82) is 0 Å². The molecule has 0 spiro atoms. The summed E-state index contributed by atoms with van der Waals surface area (Å²) in [6.07, 6.45) is -4.40. The number of benzene rings is 1. The molecule has 3 N–H and O–H groups in total. The number of aliphatic hydroxyl groups is 2. The van der Waals surface area contributed by atoms with Crippen molar-refractivity contribution in [3.05, 3.63) is 53.9 Å². The first-order valence-corrected chi connectivity index (χ1v) is 8.72. The van der Waals surface area contributed by atoms with E-state index in [1.165, 1.54) is 4.52 Å². The minimum absolute atomic E-state index is 0.214. The molecule has 10 heteroatoms. The average Bonchev–Trinajstić information content (AvgIpc) is 3.27. The number of carbonyl (C=O) groups excluding carboxylic acids is 1. The van der Waals surface area contributed by atoms with Crippen molar-refractivity contribution in [1.82, 2.24) is 19.8 Å². The largest absolute Gasteiger partial charge is 0.459 e. The number of nitrogens with one attached hydrogen (secondary N) is 1. The van der Waals surface area contributed by atoms with Crippen LogP contribution in [-0.2, 0) is 9.47 Å². The van der Waals surface area contributed by atoms with Crippen LogP contribution < -0.4 is 5.32 Å². The second-order valence-electron chi connectivity index (χ2n) is 6.34. The number of fused-ring (bicyclic) bond motifs is 1. The summed E-state index contributed by atoms with van der Waals surface area (Å²) in [4.78, 5) is 12.1. The molecule has 0 bridgehead atoms. The van der Waals surface area contributed by atoms with Crippen LogP contribution in [0.3, 0.4) is 0 Å². The Hall–Kier alpha value is -3.08. The Morgan fingerprint density at radius 1 is 1.18 bits per heavy atom. The Morgan fingerprint density at radius 3 is 2.71 bits per heavy atom. The lowest BCUT2D eigenvalue weighted by Gasteiger charge is -2.14. The summed E-state index contributed by atoms with van der Waals surface area (Å²) < 4.78 is 12.4. The standard InChI is InChI=1S/C18H19N5O5/c1-19-12-7-8-13-20-21-17(23(13)22-12)16-15(25)14(24)11(28-16)9-27-18(26)10-5-3-2-4-6-10/h2-8,11,14-16,24-25H,9H2,1H3,(H,19,22)/t11-,14-,15-,16-/m1/s1. The maximum Gasteiger partial charge on any atom is 0.338 e. The molecule has 0 radical (unpaired) electrons. The first kappa shape index (κ1) is 18.3. The van der Waals surface area contributed by atoms with Gasteiger partial charge in [-0.15, -0.1) is 15.3 Å². The van der Waals surface area contributed by atoms with Gasteiger partial charge in [-0.3, -0.25) is 0 Å². The lowest BCUT2D eigenvalue weighted by molar-refractivity contribution is -0.0364. The van der Waals surface area contributed by atoms with Crippen molar-refractivity contribution in [2.75, 3.05) is 19.0 Å². The molecule has 0 saturated carbocycles. The third kappa shape index (κ3) is 3.28. The van der Waals surface area contributed by atoms with E-state index in [9.17, 15) is 15.0 Å². The number of ether oxygens (including phenoxy) is 2. The quantitative estimate of drug-likeness (QED) is 0.527. The first-order chi connectivity index (χ1) is 13.6. The van der Waals surface area contributed by atoms with Gasteiger partial charge in [0.15, 0.2) is 11.5 Å². The number of nitrogens with zero attached hydrogens (tertiary/aromatic N) is 4. The molecule has 4 atom stereocenters. The highest BCUT2D eigenvalue weighted by Gasteiger charge is 2.46. The van der Waals surface area contributed by atoms with Gasteiger partial charge in [-0.25, -0.2) is 4.79 Å². The van der Waals surface area contributed by atoms with Crippen LogP contribution in [0.25, 0.3) is 5.65 Å². The summed E-state index contributed by atoms with van der Waals surface area (Å²) in [5.41, 5.74) is 0.859. The van der Waals surface area contributed by atoms with E-state index in [1.807, 2.05) is 0 Å². The van der Waals surface area contributed by atoms with Crippen molar-refractivity contribution in [3.8, 4) is 0 Å². The van der Waals surface area contributed by atoms with Crippen LogP contribution in [0.5, 0.6) is 0 Å². The van der Waals surface area contributed by atoms with Gasteiger partial charge in [-0.05, 0) is 24.3 Å². The van der Waals surface area contributed by atoms with Gasteiger partial charge in [0.25, 0.3) is 0 Å². The van der Waals surface area contributed by atoms with Crippen LogP contribution in [-0.4, -0.2) is 68.0 Å². The van der Waals surface area contributed by atoms with E-state index in [0.29, 0.717) is 17.0 Å². The zero-order valence-corrected chi connectivity index (χ0v) is 15.0. The number of anilines is 1. The van der Waals surface area contributed by atoms with Crippen molar-refractivity contribution >= 4 is 17.4 Å². The Bertz CT molecular complexity index is 979. The van der Waals surface area contributed by atoms with E-state index in [2.05, 4.69) is 20.6 Å². The van der Waals surface area contributed by atoms with Crippen LogP contribution >= 0.6 is 0 Å². The zero-order valence-electron chi connectivity index (χ0n) is 15.0. The van der Waals surface area contributed by atoms with Gasteiger partial charge in [-0.1, -0.05) is 18.2 Å². The van der Waals surface area contributed by atoms with Gasteiger partial charge in [-0.2, -0.15) is 4.52 Å². The Balaban J connectivity index is 1.50. The van der Waals surface area contributed by atoms with E-state index < -0.39 is 30.4 Å². The van der Waals surface area contributed by atoms with E-state index in [0.717, 1.165) is 0 Å². The number of rotatable bonds is 5. The number of hydrogen-bond donors (Lipinski definition) is 3. The molecule has 10 nitrogen and oxygen atoms in total. The van der Waals surface area contributed by atoms with Gasteiger partial charge in [0.1, 0.15) is 36.8 Å².